The number of aromatic nitrogens is 2. The maximum Gasteiger partial charge on any atom is 0.132 e. The number of aromatic amines is 1. The number of halogens is 1. The summed E-state index contributed by atoms with van der Waals surface area (Å²) in [7, 11) is 0. The lowest BCUT2D eigenvalue weighted by Crippen LogP contribution is -2.01. The van der Waals surface area contributed by atoms with E-state index in [0.717, 1.165) is 28.6 Å². The van der Waals surface area contributed by atoms with Crippen molar-refractivity contribution in [3.05, 3.63) is 51.0 Å². The molecule has 19 heavy (non-hydrogen) atoms. The number of H-pyrrole nitrogens is 1. The van der Waals surface area contributed by atoms with E-state index in [0.29, 0.717) is 4.64 Å². The molecule has 1 aromatic carbocycles. The summed E-state index contributed by atoms with van der Waals surface area (Å²) in [5, 5.41) is 0.755. The monoisotopic (exact) mass is 310 g/mol. The van der Waals surface area contributed by atoms with Gasteiger partial charge in [-0.25, -0.2) is 4.98 Å². The second-order valence-corrected chi connectivity index (χ2v) is 6.06. The van der Waals surface area contributed by atoms with E-state index in [1.165, 1.54) is 10.6 Å². The Kier molecular flexibility index (Phi) is 5.02. The number of hydrogen-bond acceptors (Lipinski definition) is 3. The van der Waals surface area contributed by atoms with Gasteiger partial charge in [0.25, 0.3) is 0 Å². The van der Waals surface area contributed by atoms with Crippen LogP contribution in [0.2, 0.25) is 5.02 Å². The third-order valence-corrected chi connectivity index (χ3v) is 4.52. The fourth-order valence-corrected chi connectivity index (χ4v) is 2.86. The van der Waals surface area contributed by atoms with Gasteiger partial charge >= 0.3 is 0 Å². The zero-order valence-corrected chi connectivity index (χ0v) is 13.3. The molecule has 0 aliphatic rings. The van der Waals surface area contributed by atoms with Crippen molar-refractivity contribution in [1.29, 1.82) is 0 Å². The molecule has 0 fully saturated rings. The average molecular weight is 311 g/mol. The molecule has 0 aliphatic heterocycles. The smallest absolute Gasteiger partial charge is 0.132 e. The van der Waals surface area contributed by atoms with Crippen LogP contribution in [0.1, 0.15) is 24.0 Å². The topological polar surface area (TPSA) is 28.7 Å². The zero-order chi connectivity index (χ0) is 13.8. The summed E-state index contributed by atoms with van der Waals surface area (Å²) >= 11 is 12.9. The minimum Gasteiger partial charge on any atom is -0.346 e. The summed E-state index contributed by atoms with van der Waals surface area (Å²) in [6, 6.07) is 7.81. The number of nitrogens with one attached hydrogen (secondary N) is 1. The second kappa shape index (κ2) is 6.55. The van der Waals surface area contributed by atoms with Gasteiger partial charge in [-0.15, -0.1) is 11.8 Å². The first kappa shape index (κ1) is 14.6. The van der Waals surface area contributed by atoms with Crippen molar-refractivity contribution in [2.24, 2.45) is 0 Å². The molecule has 0 aliphatic carbocycles. The Morgan fingerprint density at radius 3 is 2.63 bits per heavy atom. The molecule has 1 heterocycles. The van der Waals surface area contributed by atoms with E-state index in [1.54, 1.807) is 11.8 Å². The maximum atomic E-state index is 5.87. The van der Waals surface area contributed by atoms with Crippen LogP contribution in [-0.4, -0.2) is 9.97 Å². The predicted octanol–water partition coefficient (Wildman–Crippen LogP) is 4.96. The molecule has 0 bridgehead atoms. The number of hydrogen-bond donors (Lipinski definition) is 1. The fraction of sp³-hybridized carbons (Fsp3) is 0.286. The molecule has 0 unspecified atom stereocenters. The van der Waals surface area contributed by atoms with Crippen molar-refractivity contribution in [2.75, 3.05) is 0 Å². The number of rotatable bonds is 4. The van der Waals surface area contributed by atoms with Crippen molar-refractivity contribution in [3.8, 4) is 0 Å². The van der Waals surface area contributed by atoms with Gasteiger partial charge in [0.15, 0.2) is 0 Å². The Labute approximate surface area is 127 Å². The van der Waals surface area contributed by atoms with Crippen LogP contribution in [0.5, 0.6) is 0 Å². The molecule has 2 aromatic rings. The molecule has 0 spiro atoms. The third-order valence-electron chi connectivity index (χ3n) is 2.85. The van der Waals surface area contributed by atoms with Gasteiger partial charge in [-0.1, -0.05) is 30.7 Å². The van der Waals surface area contributed by atoms with E-state index < -0.39 is 0 Å². The largest absolute Gasteiger partial charge is 0.346 e. The van der Waals surface area contributed by atoms with Crippen molar-refractivity contribution in [3.63, 3.8) is 0 Å². The highest BCUT2D eigenvalue weighted by molar-refractivity contribution is 7.98. The van der Waals surface area contributed by atoms with Crippen LogP contribution in [0.25, 0.3) is 0 Å². The van der Waals surface area contributed by atoms with Crippen molar-refractivity contribution in [1.82, 2.24) is 9.97 Å². The molecular formula is C14H15ClN2S2. The summed E-state index contributed by atoms with van der Waals surface area (Å²) < 4.78 is 0.697. The van der Waals surface area contributed by atoms with Crippen LogP contribution < -0.4 is 0 Å². The highest BCUT2D eigenvalue weighted by Gasteiger charge is 2.04. The summed E-state index contributed by atoms with van der Waals surface area (Å²) in [5.41, 5.74) is 2.25. The van der Waals surface area contributed by atoms with Crippen LogP contribution in [0.4, 0.5) is 0 Å². The molecule has 0 saturated heterocycles. The number of aryl methyl sites for hydroxylation is 1. The minimum atomic E-state index is 0.697. The summed E-state index contributed by atoms with van der Waals surface area (Å²) in [6.45, 7) is 4.13. The summed E-state index contributed by atoms with van der Waals surface area (Å²) in [4.78, 5) is 8.96. The molecule has 100 valence electrons. The fourth-order valence-electron chi connectivity index (χ4n) is 1.74. The van der Waals surface area contributed by atoms with E-state index in [1.807, 2.05) is 31.2 Å². The van der Waals surface area contributed by atoms with Crippen molar-refractivity contribution in [2.45, 2.75) is 30.9 Å². The summed E-state index contributed by atoms with van der Waals surface area (Å²) in [6.07, 6.45) is 0.941. The van der Waals surface area contributed by atoms with Gasteiger partial charge in [0.1, 0.15) is 10.5 Å². The van der Waals surface area contributed by atoms with E-state index in [-0.39, 0.29) is 0 Å². The molecule has 1 N–H and O–H groups in total. The van der Waals surface area contributed by atoms with Gasteiger partial charge < -0.3 is 4.98 Å². The van der Waals surface area contributed by atoms with Crippen LogP contribution >= 0.6 is 35.6 Å². The van der Waals surface area contributed by atoms with Gasteiger partial charge in [-0.05, 0) is 37.6 Å². The second-order valence-electron chi connectivity index (χ2n) is 4.19. The Hall–Kier alpha value is -0.840. The first-order valence-electron chi connectivity index (χ1n) is 6.07. The molecule has 2 rings (SSSR count). The Morgan fingerprint density at radius 2 is 2.00 bits per heavy atom. The number of benzene rings is 1. The lowest BCUT2D eigenvalue weighted by Gasteiger charge is -2.07. The summed E-state index contributed by atoms with van der Waals surface area (Å²) in [5.74, 6) is 1.70. The zero-order valence-electron chi connectivity index (χ0n) is 10.9. The first-order chi connectivity index (χ1) is 9.10. The predicted molar refractivity (Wildman–Crippen MR) is 84.5 cm³/mol. The van der Waals surface area contributed by atoms with Gasteiger partial charge in [-0.3, -0.25) is 0 Å². The van der Waals surface area contributed by atoms with Crippen LogP contribution in [-0.2, 0) is 12.2 Å². The molecular weight excluding hydrogens is 296 g/mol. The Bertz CT molecular complexity index is 620. The molecule has 0 saturated carbocycles. The average Bonchev–Trinajstić information content (AvgIpc) is 2.41. The highest BCUT2D eigenvalue weighted by atomic mass is 35.5. The highest BCUT2D eigenvalue weighted by Crippen LogP contribution is 2.23. The standard InChI is InChI=1S/C14H15ClN2S2/c1-3-12-9(2)14(18)17-13(16-12)8-19-11-6-4-10(15)5-7-11/h4-7H,3,8H2,1-2H3,(H,16,17,18). The van der Waals surface area contributed by atoms with E-state index in [2.05, 4.69) is 16.9 Å². The quantitative estimate of drug-likeness (QED) is 0.639. The first-order valence-corrected chi connectivity index (χ1v) is 7.84. The molecule has 2 nitrogen and oxygen atoms in total. The van der Waals surface area contributed by atoms with Crippen molar-refractivity contribution < 1.29 is 0 Å². The van der Waals surface area contributed by atoms with Gasteiger partial charge in [0, 0.05) is 21.2 Å². The molecule has 1 aromatic heterocycles. The normalized spacial score (nSPS) is 10.7. The minimum absolute atomic E-state index is 0.697. The van der Waals surface area contributed by atoms with Gasteiger partial charge in [0.2, 0.25) is 0 Å². The number of thioether (sulfide) groups is 1. The Morgan fingerprint density at radius 1 is 1.32 bits per heavy atom. The maximum absolute atomic E-state index is 5.87. The van der Waals surface area contributed by atoms with Crippen LogP contribution in [0.15, 0.2) is 29.2 Å². The van der Waals surface area contributed by atoms with Gasteiger partial charge in [0.05, 0.1) is 5.75 Å². The van der Waals surface area contributed by atoms with E-state index in [9.17, 15) is 0 Å². The van der Waals surface area contributed by atoms with Crippen molar-refractivity contribution >= 4 is 35.6 Å². The number of nitrogens with zero attached hydrogens (tertiary/aromatic N) is 1. The van der Waals surface area contributed by atoms with Gasteiger partial charge in [-0.2, -0.15) is 0 Å². The molecule has 0 atom stereocenters. The lowest BCUT2D eigenvalue weighted by molar-refractivity contribution is 0.910. The van der Waals surface area contributed by atoms with E-state index in [4.69, 9.17) is 23.8 Å². The molecule has 0 amide bonds. The molecule has 5 heteroatoms. The van der Waals surface area contributed by atoms with E-state index >= 15 is 0 Å². The van der Waals surface area contributed by atoms with Crippen LogP contribution in [0.3, 0.4) is 0 Å². The molecule has 0 radical (unpaired) electrons. The lowest BCUT2D eigenvalue weighted by atomic mass is 10.2. The Balaban J connectivity index is 2.13. The third kappa shape index (κ3) is 3.81. The van der Waals surface area contributed by atoms with Crippen LogP contribution in [0, 0.1) is 11.6 Å². The SMILES string of the molecule is CCc1[nH]c(CSc2ccc(Cl)cc2)nc(=S)c1C.